The molecular weight excluding hydrogens is 294 g/mol. The second-order valence-corrected chi connectivity index (χ2v) is 6.34. The maximum absolute atomic E-state index is 12.1. The number of carbonyl (C=O) groups is 2. The Morgan fingerprint density at radius 3 is 2.57 bits per heavy atom. The van der Waals surface area contributed by atoms with E-state index in [1.165, 1.54) is 0 Å². The van der Waals surface area contributed by atoms with Gasteiger partial charge in [0.1, 0.15) is 5.60 Å². The van der Waals surface area contributed by atoms with E-state index >= 15 is 0 Å². The number of anilines is 1. The van der Waals surface area contributed by atoms with Gasteiger partial charge in [-0.3, -0.25) is 9.89 Å². The molecule has 6 nitrogen and oxygen atoms in total. The number of nitrogens with one attached hydrogen (secondary N) is 2. The summed E-state index contributed by atoms with van der Waals surface area (Å²) in [5, 5.41) is 9.34. The highest BCUT2D eigenvalue weighted by Crippen LogP contribution is 2.19. The average Bonchev–Trinajstić information content (AvgIpc) is 2.89. The highest BCUT2D eigenvalue weighted by Gasteiger charge is 2.19. The molecule has 1 amide bonds. The van der Waals surface area contributed by atoms with Gasteiger partial charge in [-0.25, -0.2) is 4.79 Å². The number of esters is 1. The van der Waals surface area contributed by atoms with Crippen LogP contribution in [0.4, 0.5) is 5.69 Å². The number of aryl methyl sites for hydroxylation is 1. The molecule has 2 rings (SSSR count). The number of nitrogens with zero attached hydrogens (tertiary/aromatic N) is 1. The molecule has 1 aromatic heterocycles. The summed E-state index contributed by atoms with van der Waals surface area (Å²) in [4.78, 5) is 24.1. The number of ether oxygens (including phenoxy) is 1. The van der Waals surface area contributed by atoms with Crippen molar-refractivity contribution in [1.29, 1.82) is 0 Å². The predicted molar refractivity (Wildman–Crippen MR) is 87.3 cm³/mol. The van der Waals surface area contributed by atoms with E-state index in [2.05, 4.69) is 15.5 Å². The van der Waals surface area contributed by atoms with Gasteiger partial charge in [0.05, 0.1) is 12.0 Å². The molecule has 0 radical (unpaired) electrons. The van der Waals surface area contributed by atoms with E-state index in [0.717, 1.165) is 11.3 Å². The van der Waals surface area contributed by atoms with Gasteiger partial charge in [-0.1, -0.05) is 0 Å². The molecule has 2 aromatic rings. The summed E-state index contributed by atoms with van der Waals surface area (Å²) in [7, 11) is 0. The average molecular weight is 315 g/mol. The van der Waals surface area contributed by atoms with Crippen LogP contribution >= 0.6 is 0 Å². The zero-order valence-electron chi connectivity index (χ0n) is 13.8. The molecule has 23 heavy (non-hydrogen) atoms. The van der Waals surface area contributed by atoms with Crippen LogP contribution in [0.15, 0.2) is 30.5 Å². The van der Waals surface area contributed by atoms with Gasteiger partial charge >= 0.3 is 5.97 Å². The molecule has 0 bridgehead atoms. The van der Waals surface area contributed by atoms with Crippen molar-refractivity contribution in [1.82, 2.24) is 10.2 Å². The van der Waals surface area contributed by atoms with E-state index in [0.29, 0.717) is 11.3 Å². The minimum absolute atomic E-state index is 0.154. The SMILES string of the molecule is Cc1cc(NC(=O)Cc2ccn[nH]2)ccc1C(=O)OC(C)(C)C. The van der Waals surface area contributed by atoms with E-state index in [4.69, 9.17) is 4.74 Å². The maximum Gasteiger partial charge on any atom is 0.338 e. The molecule has 122 valence electrons. The number of aromatic nitrogens is 2. The number of rotatable bonds is 4. The molecule has 0 atom stereocenters. The van der Waals surface area contributed by atoms with Crippen molar-refractivity contribution < 1.29 is 14.3 Å². The van der Waals surface area contributed by atoms with Crippen LogP contribution in [0.5, 0.6) is 0 Å². The summed E-state index contributed by atoms with van der Waals surface area (Å²) < 4.78 is 5.36. The molecular formula is C17H21N3O3. The van der Waals surface area contributed by atoms with Crippen LogP contribution in [0, 0.1) is 6.92 Å². The molecule has 0 spiro atoms. The Bertz CT molecular complexity index is 700. The smallest absolute Gasteiger partial charge is 0.338 e. The lowest BCUT2D eigenvalue weighted by Gasteiger charge is -2.20. The molecule has 0 unspecified atom stereocenters. The third-order valence-corrected chi connectivity index (χ3v) is 3.04. The first kappa shape index (κ1) is 16.7. The quantitative estimate of drug-likeness (QED) is 0.850. The lowest BCUT2D eigenvalue weighted by atomic mass is 10.1. The molecule has 0 aliphatic heterocycles. The van der Waals surface area contributed by atoms with Crippen LogP contribution in [0.1, 0.15) is 42.4 Å². The van der Waals surface area contributed by atoms with Gasteiger partial charge in [-0.05, 0) is 57.5 Å². The van der Waals surface area contributed by atoms with Gasteiger partial charge in [0.2, 0.25) is 5.91 Å². The fraction of sp³-hybridized carbons (Fsp3) is 0.353. The van der Waals surface area contributed by atoms with Gasteiger partial charge in [-0.2, -0.15) is 5.10 Å². The third kappa shape index (κ3) is 4.95. The first-order valence-electron chi connectivity index (χ1n) is 7.37. The summed E-state index contributed by atoms with van der Waals surface area (Å²) in [6.07, 6.45) is 1.81. The summed E-state index contributed by atoms with van der Waals surface area (Å²) in [5.74, 6) is -0.524. The molecule has 0 aliphatic rings. The standard InChI is InChI=1S/C17H21N3O3/c1-11-9-12(19-15(21)10-13-7-8-18-20-13)5-6-14(11)16(22)23-17(2,3)4/h5-9H,10H2,1-4H3,(H,18,20)(H,19,21). The lowest BCUT2D eigenvalue weighted by molar-refractivity contribution is -0.115. The van der Waals surface area contributed by atoms with Crippen LogP contribution in [0.2, 0.25) is 0 Å². The fourth-order valence-corrected chi connectivity index (χ4v) is 2.06. The van der Waals surface area contributed by atoms with Crippen molar-refractivity contribution in [2.45, 2.75) is 39.7 Å². The van der Waals surface area contributed by atoms with Crippen LogP contribution in [0.25, 0.3) is 0 Å². The molecule has 0 aliphatic carbocycles. The number of carbonyl (C=O) groups excluding carboxylic acids is 2. The summed E-state index contributed by atoms with van der Waals surface area (Å²) in [5.41, 5.74) is 2.08. The van der Waals surface area contributed by atoms with Crippen molar-refractivity contribution in [2.24, 2.45) is 0 Å². The van der Waals surface area contributed by atoms with E-state index < -0.39 is 5.60 Å². The minimum atomic E-state index is -0.541. The monoisotopic (exact) mass is 315 g/mol. The molecule has 1 aromatic carbocycles. The van der Waals surface area contributed by atoms with E-state index in [1.54, 1.807) is 30.5 Å². The second-order valence-electron chi connectivity index (χ2n) is 6.34. The topological polar surface area (TPSA) is 84.1 Å². The summed E-state index contributed by atoms with van der Waals surface area (Å²) in [6, 6.07) is 6.85. The predicted octanol–water partition coefficient (Wildman–Crippen LogP) is 2.85. The van der Waals surface area contributed by atoms with Gasteiger partial charge < -0.3 is 10.1 Å². The molecule has 2 N–H and O–H groups in total. The van der Waals surface area contributed by atoms with Crippen molar-refractivity contribution in [3.8, 4) is 0 Å². The molecule has 1 heterocycles. The Hall–Kier alpha value is -2.63. The Balaban J connectivity index is 2.04. The van der Waals surface area contributed by atoms with E-state index in [1.807, 2.05) is 27.7 Å². The summed E-state index contributed by atoms with van der Waals surface area (Å²) in [6.45, 7) is 7.28. The lowest BCUT2D eigenvalue weighted by Crippen LogP contribution is -2.24. The van der Waals surface area contributed by atoms with Crippen molar-refractivity contribution in [3.05, 3.63) is 47.3 Å². The Labute approximate surface area is 135 Å². The zero-order chi connectivity index (χ0) is 17.0. The normalized spacial score (nSPS) is 11.1. The van der Waals surface area contributed by atoms with E-state index in [-0.39, 0.29) is 18.3 Å². The second kappa shape index (κ2) is 6.64. The van der Waals surface area contributed by atoms with Crippen LogP contribution in [-0.2, 0) is 16.0 Å². The number of hydrogen-bond acceptors (Lipinski definition) is 4. The Morgan fingerprint density at radius 1 is 1.26 bits per heavy atom. The van der Waals surface area contributed by atoms with Crippen LogP contribution in [-0.4, -0.2) is 27.7 Å². The zero-order valence-corrected chi connectivity index (χ0v) is 13.8. The number of amides is 1. The van der Waals surface area contributed by atoms with Gasteiger partial charge in [0, 0.05) is 17.6 Å². The Kier molecular flexibility index (Phi) is 4.83. The van der Waals surface area contributed by atoms with Gasteiger partial charge in [0.25, 0.3) is 0 Å². The van der Waals surface area contributed by atoms with Crippen LogP contribution in [0.3, 0.4) is 0 Å². The Morgan fingerprint density at radius 2 is 2.00 bits per heavy atom. The number of aromatic amines is 1. The molecule has 6 heteroatoms. The van der Waals surface area contributed by atoms with Gasteiger partial charge in [0.15, 0.2) is 0 Å². The molecule has 0 saturated heterocycles. The minimum Gasteiger partial charge on any atom is -0.456 e. The largest absolute Gasteiger partial charge is 0.456 e. The molecule has 0 saturated carbocycles. The van der Waals surface area contributed by atoms with Crippen molar-refractivity contribution >= 4 is 17.6 Å². The first-order chi connectivity index (χ1) is 10.7. The maximum atomic E-state index is 12.1. The van der Waals surface area contributed by atoms with Gasteiger partial charge in [-0.15, -0.1) is 0 Å². The van der Waals surface area contributed by atoms with Crippen LogP contribution < -0.4 is 5.32 Å². The summed E-state index contributed by atoms with van der Waals surface area (Å²) >= 11 is 0. The number of benzene rings is 1. The molecule has 0 fully saturated rings. The number of hydrogen-bond donors (Lipinski definition) is 2. The third-order valence-electron chi connectivity index (χ3n) is 3.04. The number of H-pyrrole nitrogens is 1. The first-order valence-corrected chi connectivity index (χ1v) is 7.37. The fourth-order valence-electron chi connectivity index (χ4n) is 2.06. The highest BCUT2D eigenvalue weighted by atomic mass is 16.6. The van der Waals surface area contributed by atoms with E-state index in [9.17, 15) is 9.59 Å². The van der Waals surface area contributed by atoms with Crippen molar-refractivity contribution in [2.75, 3.05) is 5.32 Å². The highest BCUT2D eigenvalue weighted by molar-refractivity contribution is 5.95. The van der Waals surface area contributed by atoms with Crippen molar-refractivity contribution in [3.63, 3.8) is 0 Å².